The Bertz CT molecular complexity index is 949. The van der Waals surface area contributed by atoms with Gasteiger partial charge in [-0.2, -0.15) is 0 Å². The van der Waals surface area contributed by atoms with Crippen molar-refractivity contribution in [2.45, 2.75) is 98.7 Å². The summed E-state index contributed by atoms with van der Waals surface area (Å²) in [7, 11) is 0.219. The molecule has 0 N–H and O–H groups in total. The number of hydrogen-bond donors (Lipinski definition) is 0. The molecule has 0 unspecified atom stereocenters. The average Bonchev–Trinajstić information content (AvgIpc) is 2.83. The summed E-state index contributed by atoms with van der Waals surface area (Å²) >= 11 is 0. The summed E-state index contributed by atoms with van der Waals surface area (Å²) in [5.74, 6) is 1.03. The van der Waals surface area contributed by atoms with Crippen LogP contribution in [0.1, 0.15) is 79.6 Å². The number of benzene rings is 1. The minimum absolute atomic E-state index is 1.00. The molecule has 36 heavy (non-hydrogen) atoms. The number of ether oxygens (including phenoxy) is 1. The fraction of sp³-hybridized carbons (Fsp3) is 0.471. The van der Waals surface area contributed by atoms with E-state index in [2.05, 4.69) is 115 Å². The van der Waals surface area contributed by atoms with E-state index in [4.69, 9.17) is 4.74 Å². The van der Waals surface area contributed by atoms with Gasteiger partial charge in [0.05, 0.1) is 15.2 Å². The van der Waals surface area contributed by atoms with Gasteiger partial charge in [-0.25, -0.2) is 0 Å². The van der Waals surface area contributed by atoms with E-state index in [0.29, 0.717) is 0 Å². The van der Waals surface area contributed by atoms with Crippen molar-refractivity contribution in [2.75, 3.05) is 7.11 Å². The zero-order valence-electron chi connectivity index (χ0n) is 24.5. The molecule has 0 saturated heterocycles. The zero-order valence-corrected chi connectivity index (χ0v) is 25.5. The van der Waals surface area contributed by atoms with Crippen LogP contribution >= 0.6 is 0 Å². The lowest BCUT2D eigenvalue weighted by molar-refractivity contribution is 0.418. The van der Waals surface area contributed by atoms with Gasteiger partial charge in [0.15, 0.2) is 0 Å². The summed E-state index contributed by atoms with van der Waals surface area (Å²) < 4.78 is 5.58. The van der Waals surface area contributed by atoms with Gasteiger partial charge in [-0.15, -0.1) is 0 Å². The van der Waals surface area contributed by atoms with Gasteiger partial charge >= 0.3 is 0 Å². The third kappa shape index (κ3) is 14.3. The average molecular weight is 505 g/mol. The second kappa shape index (κ2) is 18.0. The number of rotatable bonds is 16. The van der Waals surface area contributed by atoms with Crippen LogP contribution in [-0.4, -0.2) is 15.2 Å². The number of methoxy groups -OCH3 is 1. The Morgan fingerprint density at radius 1 is 0.722 bits per heavy atom. The molecular formula is C34H52OSi. The van der Waals surface area contributed by atoms with Crippen molar-refractivity contribution in [1.82, 2.24) is 0 Å². The summed E-state index contributed by atoms with van der Waals surface area (Å²) in [5, 5.41) is 1.39. The summed E-state index contributed by atoms with van der Waals surface area (Å²) in [6.07, 6.45) is 26.5. The zero-order chi connectivity index (χ0) is 26.8. The number of allylic oxidation sites excluding steroid dienone is 12. The first kappa shape index (κ1) is 31.7. The highest BCUT2D eigenvalue weighted by Gasteiger charge is 2.24. The van der Waals surface area contributed by atoms with Gasteiger partial charge < -0.3 is 4.74 Å². The molecule has 0 amide bonds. The fourth-order valence-corrected chi connectivity index (χ4v) is 6.51. The fourth-order valence-electron chi connectivity index (χ4n) is 4.17. The summed E-state index contributed by atoms with van der Waals surface area (Å²) in [6.45, 7) is 16.0. The quantitative estimate of drug-likeness (QED) is 0.124. The molecule has 0 atom stereocenters. The molecule has 0 spiro atoms. The Labute approximate surface area is 224 Å². The van der Waals surface area contributed by atoms with Crippen LogP contribution in [0.2, 0.25) is 19.1 Å². The van der Waals surface area contributed by atoms with Gasteiger partial charge in [-0.05, 0) is 96.9 Å². The van der Waals surface area contributed by atoms with Gasteiger partial charge in [-0.1, -0.05) is 102 Å². The maximum atomic E-state index is 5.58. The third-order valence-electron chi connectivity index (χ3n) is 6.60. The predicted molar refractivity (Wildman–Crippen MR) is 166 cm³/mol. The van der Waals surface area contributed by atoms with E-state index in [-0.39, 0.29) is 0 Å². The first-order valence-corrected chi connectivity index (χ1v) is 16.9. The molecule has 0 aliphatic rings. The molecule has 0 aromatic heterocycles. The Morgan fingerprint density at radius 2 is 1.25 bits per heavy atom. The van der Waals surface area contributed by atoms with Crippen molar-refractivity contribution in [3.8, 4) is 5.75 Å². The molecule has 1 aromatic rings. The molecular weight excluding hydrogens is 452 g/mol. The van der Waals surface area contributed by atoms with Crippen LogP contribution in [0.25, 0.3) is 0 Å². The molecule has 2 heteroatoms. The van der Waals surface area contributed by atoms with Crippen LogP contribution in [0, 0.1) is 0 Å². The van der Waals surface area contributed by atoms with E-state index in [1.807, 2.05) is 6.07 Å². The smallest absolute Gasteiger partial charge is 0.118 e. The standard InChI is InChI=1S/C34H52OSi/c1-29(2)19-16-21-31(4)23-18-25-32(5)24-17-22-30(3)20-12-10-9-11-15-28-36(7,8)34-27-14-13-26-33(34)35-6/h9-11,13-15,19-20,23-24,26-27H,12,16-18,21-22,25,28H2,1-8H3/b10-9+,15-11+,30-20+,31-23+,32-24+. The van der Waals surface area contributed by atoms with E-state index in [0.717, 1.165) is 37.5 Å². The number of para-hydroxylation sites is 1. The summed E-state index contributed by atoms with van der Waals surface area (Å²) in [6, 6.07) is 9.59. The van der Waals surface area contributed by atoms with Crippen molar-refractivity contribution >= 4 is 13.3 Å². The molecule has 0 heterocycles. The second-order valence-electron chi connectivity index (χ2n) is 10.9. The first-order valence-electron chi connectivity index (χ1n) is 13.7. The molecule has 1 nitrogen and oxygen atoms in total. The van der Waals surface area contributed by atoms with Crippen LogP contribution in [0.15, 0.2) is 95.2 Å². The molecule has 0 bridgehead atoms. The molecule has 0 aliphatic heterocycles. The van der Waals surface area contributed by atoms with E-state index in [9.17, 15) is 0 Å². The van der Waals surface area contributed by atoms with Crippen LogP contribution in [-0.2, 0) is 0 Å². The molecule has 0 radical (unpaired) electrons. The predicted octanol–water partition coefficient (Wildman–Crippen LogP) is 10.3. The highest BCUT2D eigenvalue weighted by molar-refractivity contribution is 6.90. The highest BCUT2D eigenvalue weighted by Crippen LogP contribution is 2.18. The van der Waals surface area contributed by atoms with Gasteiger partial charge in [0.1, 0.15) is 5.75 Å². The van der Waals surface area contributed by atoms with E-state index >= 15 is 0 Å². The number of hydrogen-bond acceptors (Lipinski definition) is 1. The molecule has 0 aliphatic carbocycles. The third-order valence-corrected chi connectivity index (χ3v) is 9.73. The lowest BCUT2D eigenvalue weighted by Gasteiger charge is -2.23. The second-order valence-corrected chi connectivity index (χ2v) is 15.6. The summed E-state index contributed by atoms with van der Waals surface area (Å²) in [5.41, 5.74) is 5.93. The van der Waals surface area contributed by atoms with Gasteiger partial charge in [0.25, 0.3) is 0 Å². The lowest BCUT2D eigenvalue weighted by Crippen LogP contribution is -2.41. The Kier molecular flexibility index (Phi) is 15.9. The van der Waals surface area contributed by atoms with Gasteiger partial charge in [0, 0.05) is 0 Å². The topological polar surface area (TPSA) is 9.23 Å². The normalized spacial score (nSPS) is 13.6. The first-order chi connectivity index (χ1) is 17.2. The Morgan fingerprint density at radius 3 is 1.83 bits per heavy atom. The van der Waals surface area contributed by atoms with Crippen LogP contribution < -0.4 is 9.92 Å². The lowest BCUT2D eigenvalue weighted by atomic mass is 10.0. The van der Waals surface area contributed by atoms with Crippen LogP contribution in [0.5, 0.6) is 5.75 Å². The van der Waals surface area contributed by atoms with Crippen molar-refractivity contribution in [3.05, 3.63) is 95.2 Å². The van der Waals surface area contributed by atoms with Crippen LogP contribution in [0.3, 0.4) is 0 Å². The van der Waals surface area contributed by atoms with Crippen molar-refractivity contribution in [3.63, 3.8) is 0 Å². The highest BCUT2D eigenvalue weighted by atomic mass is 28.3. The minimum Gasteiger partial charge on any atom is -0.497 e. The maximum absolute atomic E-state index is 5.58. The molecule has 1 aromatic carbocycles. The van der Waals surface area contributed by atoms with E-state index < -0.39 is 8.07 Å². The Balaban J connectivity index is 2.33. The Hall–Kier alpha value is -2.32. The van der Waals surface area contributed by atoms with E-state index in [1.165, 1.54) is 46.7 Å². The molecule has 0 saturated carbocycles. The summed E-state index contributed by atoms with van der Waals surface area (Å²) in [4.78, 5) is 0. The van der Waals surface area contributed by atoms with Crippen LogP contribution in [0.4, 0.5) is 0 Å². The largest absolute Gasteiger partial charge is 0.497 e. The van der Waals surface area contributed by atoms with E-state index in [1.54, 1.807) is 7.11 Å². The molecule has 0 fully saturated rings. The van der Waals surface area contributed by atoms with Crippen molar-refractivity contribution < 1.29 is 4.74 Å². The van der Waals surface area contributed by atoms with Crippen molar-refractivity contribution in [1.29, 1.82) is 0 Å². The SMILES string of the molecule is COc1ccccc1[Si](C)(C)C/C=C/C=C/C/C=C(\C)CC/C=C(\C)CC/C=C(\C)CCC=C(C)C. The van der Waals surface area contributed by atoms with Crippen molar-refractivity contribution in [2.24, 2.45) is 0 Å². The van der Waals surface area contributed by atoms with Gasteiger partial charge in [-0.3, -0.25) is 0 Å². The maximum Gasteiger partial charge on any atom is 0.118 e. The minimum atomic E-state index is -1.55. The molecule has 198 valence electrons. The van der Waals surface area contributed by atoms with Gasteiger partial charge in [0.2, 0.25) is 0 Å². The molecule has 1 rings (SSSR count). The monoisotopic (exact) mass is 504 g/mol.